The molecule has 0 radical (unpaired) electrons. The number of aliphatic hydroxyl groups excluding tert-OH is 1. The molecule has 0 aliphatic carbocycles. The SMILES string of the molecule is C[C@@H]1CN([C@@H](C)CO)C(=O)c2cc(NC(=O)Nc3cccc4ccccc34)ccc2O[C@H]1CN(C)C(=O)Nc1ccccc1. The lowest BCUT2D eigenvalue weighted by Crippen LogP contribution is -2.50. The highest BCUT2D eigenvalue weighted by Crippen LogP contribution is 2.31. The molecular formula is C34H37N5O5. The van der Waals surface area contributed by atoms with Crippen LogP contribution < -0.4 is 20.7 Å². The average molecular weight is 596 g/mol. The van der Waals surface area contributed by atoms with Crippen molar-refractivity contribution in [2.45, 2.75) is 26.0 Å². The Labute approximate surface area is 256 Å². The highest BCUT2D eigenvalue weighted by atomic mass is 16.5. The molecule has 228 valence electrons. The van der Waals surface area contributed by atoms with E-state index in [0.717, 1.165) is 10.8 Å². The van der Waals surface area contributed by atoms with Crippen LogP contribution in [0.3, 0.4) is 0 Å². The van der Waals surface area contributed by atoms with Crippen LogP contribution in [-0.4, -0.2) is 71.8 Å². The van der Waals surface area contributed by atoms with Crippen LogP contribution in [0.2, 0.25) is 0 Å². The van der Waals surface area contributed by atoms with Gasteiger partial charge in [0.15, 0.2) is 0 Å². The van der Waals surface area contributed by atoms with E-state index in [1.54, 1.807) is 42.0 Å². The largest absolute Gasteiger partial charge is 0.487 e. The van der Waals surface area contributed by atoms with Crippen molar-refractivity contribution >= 4 is 45.8 Å². The highest BCUT2D eigenvalue weighted by Gasteiger charge is 2.34. The second-order valence-corrected chi connectivity index (χ2v) is 11.1. The van der Waals surface area contributed by atoms with Crippen molar-refractivity contribution in [1.29, 1.82) is 0 Å². The molecule has 4 N–H and O–H groups in total. The predicted octanol–water partition coefficient (Wildman–Crippen LogP) is 5.87. The summed E-state index contributed by atoms with van der Waals surface area (Å²) in [6.07, 6.45) is -0.463. The number of ether oxygens (including phenoxy) is 1. The number of amides is 5. The Morgan fingerprint density at radius 2 is 1.68 bits per heavy atom. The van der Waals surface area contributed by atoms with Crippen molar-refractivity contribution in [1.82, 2.24) is 9.80 Å². The molecule has 4 aromatic rings. The Balaban J connectivity index is 1.36. The van der Waals surface area contributed by atoms with Gasteiger partial charge in [-0.15, -0.1) is 0 Å². The van der Waals surface area contributed by atoms with Gasteiger partial charge < -0.3 is 35.6 Å². The first kappa shape index (κ1) is 30.4. The number of rotatable bonds is 7. The summed E-state index contributed by atoms with van der Waals surface area (Å²) in [6.45, 7) is 4.07. The van der Waals surface area contributed by atoms with Crippen LogP contribution in [0.4, 0.5) is 26.7 Å². The molecule has 0 aromatic heterocycles. The number of hydrogen-bond donors (Lipinski definition) is 4. The molecule has 5 amide bonds. The molecule has 0 saturated heterocycles. The van der Waals surface area contributed by atoms with Gasteiger partial charge in [0.05, 0.1) is 30.4 Å². The number of carbonyl (C=O) groups is 3. The van der Waals surface area contributed by atoms with Crippen molar-refractivity contribution < 1.29 is 24.2 Å². The Morgan fingerprint density at radius 1 is 0.955 bits per heavy atom. The minimum atomic E-state index is -0.463. The van der Waals surface area contributed by atoms with Gasteiger partial charge in [0.25, 0.3) is 5.91 Å². The van der Waals surface area contributed by atoms with Crippen molar-refractivity contribution in [2.75, 3.05) is 42.7 Å². The fraction of sp³-hybridized carbons (Fsp3) is 0.265. The van der Waals surface area contributed by atoms with Gasteiger partial charge in [0.1, 0.15) is 11.9 Å². The number of nitrogens with one attached hydrogen (secondary N) is 3. The van der Waals surface area contributed by atoms with Crippen molar-refractivity contribution in [2.24, 2.45) is 5.92 Å². The molecular weight excluding hydrogens is 558 g/mol. The number of anilines is 3. The number of nitrogens with zero attached hydrogens (tertiary/aromatic N) is 2. The quantitative estimate of drug-likeness (QED) is 0.213. The summed E-state index contributed by atoms with van der Waals surface area (Å²) in [5.41, 5.74) is 1.99. The summed E-state index contributed by atoms with van der Waals surface area (Å²) in [5.74, 6) is -0.156. The molecule has 1 heterocycles. The molecule has 3 atom stereocenters. The number of urea groups is 2. The number of carbonyl (C=O) groups excluding carboxylic acids is 3. The van der Waals surface area contributed by atoms with Crippen LogP contribution in [0.15, 0.2) is 91.0 Å². The Hall–Kier alpha value is -5.09. The van der Waals surface area contributed by atoms with E-state index >= 15 is 0 Å². The van der Waals surface area contributed by atoms with Gasteiger partial charge in [-0.25, -0.2) is 9.59 Å². The fourth-order valence-electron chi connectivity index (χ4n) is 5.23. The standard InChI is InChI=1S/C34H37N5O5/c1-22-19-39(23(2)21-40)32(41)28-18-26(35-33(42)37-29-15-9-11-24-10-7-8-14-27(24)29)16-17-30(28)44-31(22)20-38(3)34(43)36-25-12-5-4-6-13-25/h4-18,22-23,31,40H,19-21H2,1-3H3,(H,36,43)(H2,35,37,42)/t22-,23+,31+/m1/s1. The van der Waals surface area contributed by atoms with Crippen LogP contribution in [0.1, 0.15) is 24.2 Å². The number of hydrogen-bond acceptors (Lipinski definition) is 5. The maximum Gasteiger partial charge on any atom is 0.323 e. The van der Waals surface area contributed by atoms with E-state index in [1.807, 2.05) is 79.7 Å². The molecule has 0 unspecified atom stereocenters. The van der Waals surface area contributed by atoms with Crippen molar-refractivity contribution in [3.63, 3.8) is 0 Å². The molecule has 10 heteroatoms. The Bertz CT molecular complexity index is 1640. The topological polar surface area (TPSA) is 123 Å². The molecule has 0 spiro atoms. The lowest BCUT2D eigenvalue weighted by atomic mass is 9.99. The average Bonchev–Trinajstić information content (AvgIpc) is 3.03. The Morgan fingerprint density at radius 3 is 2.45 bits per heavy atom. The molecule has 1 aliphatic heterocycles. The Kier molecular flexibility index (Phi) is 9.30. The summed E-state index contributed by atoms with van der Waals surface area (Å²) in [7, 11) is 1.69. The van der Waals surface area contributed by atoms with E-state index in [1.165, 1.54) is 0 Å². The molecule has 10 nitrogen and oxygen atoms in total. The zero-order valence-electron chi connectivity index (χ0n) is 25.0. The molecule has 0 saturated carbocycles. The maximum atomic E-state index is 13.8. The minimum absolute atomic E-state index is 0.169. The monoisotopic (exact) mass is 595 g/mol. The maximum absolute atomic E-state index is 13.8. The number of aliphatic hydroxyl groups is 1. The van der Waals surface area contributed by atoms with Crippen LogP contribution in [0.25, 0.3) is 10.8 Å². The van der Waals surface area contributed by atoms with Crippen molar-refractivity contribution in [3.8, 4) is 5.75 Å². The molecule has 4 aromatic carbocycles. The van der Waals surface area contributed by atoms with Crippen LogP contribution in [0, 0.1) is 5.92 Å². The number of fused-ring (bicyclic) bond motifs is 2. The summed E-state index contributed by atoms with van der Waals surface area (Å²) in [4.78, 5) is 42.9. The molecule has 5 rings (SSSR count). The van der Waals surface area contributed by atoms with Crippen molar-refractivity contribution in [3.05, 3.63) is 96.6 Å². The second-order valence-electron chi connectivity index (χ2n) is 11.1. The lowest BCUT2D eigenvalue weighted by Gasteiger charge is -2.38. The summed E-state index contributed by atoms with van der Waals surface area (Å²) in [6, 6.07) is 26.3. The first-order valence-corrected chi connectivity index (χ1v) is 14.6. The van der Waals surface area contributed by atoms with E-state index in [0.29, 0.717) is 29.4 Å². The summed E-state index contributed by atoms with van der Waals surface area (Å²) >= 11 is 0. The van der Waals surface area contributed by atoms with E-state index < -0.39 is 18.2 Å². The fourth-order valence-corrected chi connectivity index (χ4v) is 5.23. The minimum Gasteiger partial charge on any atom is -0.487 e. The molecule has 1 aliphatic rings. The van der Waals surface area contributed by atoms with Gasteiger partial charge in [-0.2, -0.15) is 0 Å². The van der Waals surface area contributed by atoms with Crippen LogP contribution in [-0.2, 0) is 0 Å². The molecule has 0 fully saturated rings. The van der Waals surface area contributed by atoms with Gasteiger partial charge in [-0.1, -0.05) is 61.5 Å². The van der Waals surface area contributed by atoms with E-state index in [9.17, 15) is 19.5 Å². The van der Waals surface area contributed by atoms with E-state index in [2.05, 4.69) is 16.0 Å². The highest BCUT2D eigenvalue weighted by molar-refractivity contribution is 6.07. The van der Waals surface area contributed by atoms with Gasteiger partial charge >= 0.3 is 12.1 Å². The van der Waals surface area contributed by atoms with Crippen LogP contribution >= 0.6 is 0 Å². The smallest absolute Gasteiger partial charge is 0.323 e. The zero-order chi connectivity index (χ0) is 31.2. The van der Waals surface area contributed by atoms with E-state index in [4.69, 9.17) is 4.74 Å². The third-order valence-electron chi connectivity index (χ3n) is 7.79. The van der Waals surface area contributed by atoms with Gasteiger partial charge in [0.2, 0.25) is 0 Å². The third kappa shape index (κ3) is 6.92. The van der Waals surface area contributed by atoms with Gasteiger partial charge in [-0.3, -0.25) is 4.79 Å². The predicted molar refractivity (Wildman–Crippen MR) is 172 cm³/mol. The van der Waals surface area contributed by atoms with Gasteiger partial charge in [0, 0.05) is 36.3 Å². The number of benzene rings is 4. The molecule has 44 heavy (non-hydrogen) atoms. The number of para-hydroxylation sites is 1. The lowest BCUT2D eigenvalue weighted by molar-refractivity contribution is 0.0371. The normalized spacial score (nSPS) is 17.0. The second kappa shape index (κ2) is 13.5. The third-order valence-corrected chi connectivity index (χ3v) is 7.79. The van der Waals surface area contributed by atoms with Gasteiger partial charge in [-0.05, 0) is 48.7 Å². The first-order valence-electron chi connectivity index (χ1n) is 14.6. The summed E-state index contributed by atoms with van der Waals surface area (Å²) < 4.78 is 6.40. The molecule has 0 bridgehead atoms. The van der Waals surface area contributed by atoms with Crippen LogP contribution in [0.5, 0.6) is 5.75 Å². The number of likely N-dealkylation sites (N-methyl/N-ethyl adjacent to an activating group) is 1. The summed E-state index contributed by atoms with van der Waals surface area (Å²) in [5, 5.41) is 20.5. The van der Waals surface area contributed by atoms with E-state index in [-0.39, 0.29) is 36.6 Å². The zero-order valence-corrected chi connectivity index (χ0v) is 25.0. The first-order chi connectivity index (χ1) is 21.2.